The topological polar surface area (TPSA) is 57.0 Å². The van der Waals surface area contributed by atoms with E-state index < -0.39 is 0 Å². The lowest BCUT2D eigenvalue weighted by atomic mass is 9.63. The number of hydrogen-bond donors (Lipinski definition) is 0. The predicted molar refractivity (Wildman–Crippen MR) is 101 cm³/mol. The minimum Gasteiger partial charge on any atom is -0.370 e. The molecule has 1 aromatic rings. The Balaban J connectivity index is 1.74. The second-order valence-corrected chi connectivity index (χ2v) is 8.43. The lowest BCUT2D eigenvalue weighted by Crippen LogP contribution is -2.43. The van der Waals surface area contributed by atoms with Crippen LogP contribution >= 0.6 is 0 Å². The molecule has 0 aromatic carbocycles. The summed E-state index contributed by atoms with van der Waals surface area (Å²) >= 11 is 0. The third-order valence-electron chi connectivity index (χ3n) is 6.63. The first kappa shape index (κ1) is 17.3. The van der Waals surface area contributed by atoms with Crippen molar-refractivity contribution in [1.29, 1.82) is 5.26 Å². The Kier molecular flexibility index (Phi) is 4.34. The fraction of sp³-hybridized carbons (Fsp3) is 0.591. The highest BCUT2D eigenvalue weighted by Gasteiger charge is 2.40. The molecule has 136 valence electrons. The Labute approximate surface area is 155 Å². The Morgan fingerprint density at radius 1 is 1.27 bits per heavy atom. The molecule has 1 aliphatic heterocycles. The highest BCUT2D eigenvalue weighted by Crippen LogP contribution is 2.50. The summed E-state index contributed by atoms with van der Waals surface area (Å²) in [4.78, 5) is 19.1. The van der Waals surface area contributed by atoms with Gasteiger partial charge in [-0.1, -0.05) is 6.42 Å². The van der Waals surface area contributed by atoms with Gasteiger partial charge in [0.1, 0.15) is 11.6 Å². The third kappa shape index (κ3) is 3.05. The molecule has 26 heavy (non-hydrogen) atoms. The number of Topliss-reactive ketones (excluding diaryl/α,β-unsaturated/α-hetero) is 1. The van der Waals surface area contributed by atoms with Crippen molar-refractivity contribution in [2.45, 2.75) is 64.7 Å². The summed E-state index contributed by atoms with van der Waals surface area (Å²) in [5.41, 5.74) is 4.86. The molecule has 4 nitrogen and oxygen atoms in total. The van der Waals surface area contributed by atoms with Gasteiger partial charge in [0, 0.05) is 36.5 Å². The molecule has 2 heterocycles. The number of aromatic nitrogens is 1. The number of ketones is 1. The number of nitriles is 1. The minimum atomic E-state index is -0.143. The minimum absolute atomic E-state index is 0.143. The molecule has 0 unspecified atom stereocenters. The van der Waals surface area contributed by atoms with Crippen molar-refractivity contribution in [2.24, 2.45) is 5.41 Å². The summed E-state index contributed by atoms with van der Waals surface area (Å²) in [6, 6.07) is 4.34. The van der Waals surface area contributed by atoms with Crippen molar-refractivity contribution >= 4 is 11.5 Å². The van der Waals surface area contributed by atoms with Crippen LogP contribution in [0.1, 0.15) is 74.6 Å². The molecular weight excluding hydrogens is 322 g/mol. The number of rotatable bonds is 4. The quantitative estimate of drug-likeness (QED) is 0.599. The van der Waals surface area contributed by atoms with Crippen LogP contribution in [0.15, 0.2) is 17.8 Å². The third-order valence-corrected chi connectivity index (χ3v) is 6.63. The van der Waals surface area contributed by atoms with Gasteiger partial charge in [-0.15, -0.1) is 0 Å². The van der Waals surface area contributed by atoms with Gasteiger partial charge in [0.15, 0.2) is 5.78 Å². The van der Waals surface area contributed by atoms with Gasteiger partial charge in [0.05, 0.1) is 5.70 Å². The van der Waals surface area contributed by atoms with Crippen LogP contribution in [0.25, 0.3) is 5.70 Å². The molecule has 0 bridgehead atoms. The van der Waals surface area contributed by atoms with Crippen LogP contribution in [0.2, 0.25) is 0 Å². The number of allylic oxidation sites excluding steroid dienone is 1. The molecule has 4 heteroatoms. The van der Waals surface area contributed by atoms with Crippen LogP contribution in [0.3, 0.4) is 0 Å². The largest absolute Gasteiger partial charge is 0.370 e. The molecule has 0 atom stereocenters. The summed E-state index contributed by atoms with van der Waals surface area (Å²) in [6.07, 6.45) is 10.7. The van der Waals surface area contributed by atoms with E-state index in [0.717, 1.165) is 35.6 Å². The second kappa shape index (κ2) is 6.54. The lowest BCUT2D eigenvalue weighted by Gasteiger charge is -2.49. The number of piperidine rings is 1. The molecule has 1 saturated heterocycles. The number of nitrogens with zero attached hydrogens (tertiary/aromatic N) is 3. The van der Waals surface area contributed by atoms with Gasteiger partial charge in [0.25, 0.3) is 0 Å². The average Bonchev–Trinajstić information content (AvgIpc) is 3.44. The summed E-state index contributed by atoms with van der Waals surface area (Å²) < 4.78 is 0. The maximum atomic E-state index is 12.2. The first-order valence-corrected chi connectivity index (χ1v) is 9.90. The molecular formula is C22H27N3O. The van der Waals surface area contributed by atoms with Crippen LogP contribution in [-0.2, 0) is 4.79 Å². The van der Waals surface area contributed by atoms with Crippen molar-refractivity contribution in [3.63, 3.8) is 0 Å². The van der Waals surface area contributed by atoms with Crippen molar-refractivity contribution in [3.8, 4) is 6.07 Å². The van der Waals surface area contributed by atoms with Crippen LogP contribution in [0.4, 0.5) is 0 Å². The summed E-state index contributed by atoms with van der Waals surface area (Å²) in [5.74, 6) is 0.411. The molecule has 1 aromatic heterocycles. The Morgan fingerprint density at radius 2 is 1.96 bits per heavy atom. The van der Waals surface area contributed by atoms with Gasteiger partial charge < -0.3 is 4.90 Å². The molecule has 2 saturated carbocycles. The Hall–Kier alpha value is -2.15. The van der Waals surface area contributed by atoms with Crippen LogP contribution in [0, 0.1) is 23.7 Å². The average molecular weight is 349 g/mol. The first-order chi connectivity index (χ1) is 12.5. The van der Waals surface area contributed by atoms with E-state index in [2.05, 4.69) is 22.0 Å². The van der Waals surface area contributed by atoms with Gasteiger partial charge in [-0.05, 0) is 69.4 Å². The maximum Gasteiger partial charge on any atom is 0.172 e. The van der Waals surface area contributed by atoms with Crippen molar-refractivity contribution in [3.05, 3.63) is 34.7 Å². The zero-order chi connectivity index (χ0) is 18.3. The van der Waals surface area contributed by atoms with Crippen LogP contribution in [0.5, 0.6) is 0 Å². The molecule has 2 aliphatic carbocycles. The molecule has 0 N–H and O–H groups in total. The van der Waals surface area contributed by atoms with Crippen LogP contribution < -0.4 is 0 Å². The van der Waals surface area contributed by atoms with E-state index in [4.69, 9.17) is 0 Å². The van der Waals surface area contributed by atoms with Crippen molar-refractivity contribution in [1.82, 2.24) is 9.88 Å². The van der Waals surface area contributed by atoms with Crippen LogP contribution in [-0.4, -0.2) is 28.8 Å². The second-order valence-electron chi connectivity index (χ2n) is 8.43. The van der Waals surface area contributed by atoms with Gasteiger partial charge >= 0.3 is 0 Å². The van der Waals surface area contributed by atoms with E-state index in [9.17, 15) is 10.1 Å². The molecule has 0 radical (unpaired) electrons. The van der Waals surface area contributed by atoms with Gasteiger partial charge in [-0.25, -0.2) is 0 Å². The van der Waals surface area contributed by atoms with Gasteiger partial charge in [-0.2, -0.15) is 5.26 Å². The first-order valence-electron chi connectivity index (χ1n) is 9.90. The molecule has 3 aliphatic rings. The molecule has 1 spiro atoms. The Morgan fingerprint density at radius 3 is 2.46 bits per heavy atom. The summed E-state index contributed by atoms with van der Waals surface area (Å²) in [5, 5.41) is 9.73. The number of hydrogen-bond acceptors (Lipinski definition) is 4. The number of pyridine rings is 1. The van der Waals surface area contributed by atoms with Gasteiger partial charge in [-0.3, -0.25) is 9.78 Å². The SMILES string of the molecule is CC(=O)/C(C#N)=C(\c1cc(C2CC2)ncc1C)N1CCC2(CCC2)CC1. The number of carbonyl (C=O) groups excluding carboxylic acids is 1. The summed E-state index contributed by atoms with van der Waals surface area (Å²) in [6.45, 7) is 5.42. The molecule has 0 amide bonds. The Bertz CT molecular complexity index is 799. The molecule has 4 rings (SSSR count). The normalized spacial score (nSPS) is 22.4. The van der Waals surface area contributed by atoms with E-state index in [1.807, 2.05) is 13.1 Å². The van der Waals surface area contributed by atoms with Crippen molar-refractivity contribution in [2.75, 3.05) is 13.1 Å². The predicted octanol–water partition coefficient (Wildman–Crippen LogP) is 4.36. The fourth-order valence-electron chi connectivity index (χ4n) is 4.54. The van der Waals surface area contributed by atoms with E-state index in [1.165, 1.54) is 51.9 Å². The van der Waals surface area contributed by atoms with Gasteiger partial charge in [0.2, 0.25) is 0 Å². The van der Waals surface area contributed by atoms with Crippen molar-refractivity contribution < 1.29 is 4.79 Å². The monoisotopic (exact) mass is 349 g/mol. The highest BCUT2D eigenvalue weighted by atomic mass is 16.1. The standard InChI is InChI=1S/C22H27N3O/c1-15-14-24-20(17-4-5-17)12-18(15)21(19(13-23)16(2)26)25-10-8-22(9-11-25)6-3-7-22/h12,14,17H,3-11H2,1-2H3/b21-19+. The smallest absolute Gasteiger partial charge is 0.172 e. The zero-order valence-corrected chi connectivity index (χ0v) is 15.8. The van der Waals surface area contributed by atoms with E-state index in [1.54, 1.807) is 0 Å². The maximum absolute atomic E-state index is 12.2. The lowest BCUT2D eigenvalue weighted by molar-refractivity contribution is -0.113. The highest BCUT2D eigenvalue weighted by molar-refractivity contribution is 6.04. The van der Waals surface area contributed by atoms with E-state index >= 15 is 0 Å². The number of likely N-dealkylation sites (tertiary alicyclic amines) is 1. The number of aryl methyl sites for hydroxylation is 1. The molecule has 3 fully saturated rings. The fourth-order valence-corrected chi connectivity index (χ4v) is 4.54. The zero-order valence-electron chi connectivity index (χ0n) is 15.8. The van der Waals surface area contributed by atoms with E-state index in [-0.39, 0.29) is 5.78 Å². The van der Waals surface area contributed by atoms with E-state index in [0.29, 0.717) is 16.9 Å². The number of carbonyl (C=O) groups is 1. The summed E-state index contributed by atoms with van der Waals surface area (Å²) in [7, 11) is 0.